The van der Waals surface area contributed by atoms with Crippen molar-refractivity contribution in [2.24, 2.45) is 0 Å². The molecule has 1 rings (SSSR count). The van der Waals surface area contributed by atoms with Gasteiger partial charge in [-0.1, -0.05) is 36.2 Å². The number of rotatable bonds is 7. The Morgan fingerprint density at radius 3 is 2.33 bits per heavy atom. The third-order valence-corrected chi connectivity index (χ3v) is 3.57. The molecule has 0 atom stereocenters. The number of amides is 1. The molecule has 4 nitrogen and oxygen atoms in total. The predicted molar refractivity (Wildman–Crippen MR) is 83.7 cm³/mol. The van der Waals surface area contributed by atoms with Gasteiger partial charge >= 0.3 is 5.97 Å². The lowest BCUT2D eigenvalue weighted by Crippen LogP contribution is -2.38. The van der Waals surface area contributed by atoms with Crippen molar-refractivity contribution < 1.29 is 14.3 Å². The van der Waals surface area contributed by atoms with E-state index in [9.17, 15) is 9.59 Å². The number of esters is 1. The maximum Gasteiger partial charge on any atom is 0.325 e. The summed E-state index contributed by atoms with van der Waals surface area (Å²) >= 11 is 12.1. The highest BCUT2D eigenvalue weighted by molar-refractivity contribution is 6.36. The summed E-state index contributed by atoms with van der Waals surface area (Å²) in [5.41, 5.74) is 0.579. The fourth-order valence-electron chi connectivity index (χ4n) is 1.89. The molecule has 0 aliphatic rings. The maximum absolute atomic E-state index is 12.3. The predicted octanol–water partition coefficient (Wildman–Crippen LogP) is 3.34. The van der Waals surface area contributed by atoms with Crippen LogP contribution in [0.5, 0.6) is 0 Å². The first-order chi connectivity index (χ1) is 9.99. The number of ether oxygens (including phenoxy) is 1. The van der Waals surface area contributed by atoms with Crippen molar-refractivity contribution in [2.45, 2.75) is 26.7 Å². The van der Waals surface area contributed by atoms with E-state index >= 15 is 0 Å². The summed E-state index contributed by atoms with van der Waals surface area (Å²) in [6.07, 6.45) is 0.819. The largest absolute Gasteiger partial charge is 0.465 e. The molecular formula is C15H19Cl2NO3. The summed E-state index contributed by atoms with van der Waals surface area (Å²) in [5.74, 6) is -0.607. The third kappa shape index (κ3) is 5.56. The minimum Gasteiger partial charge on any atom is -0.465 e. The first-order valence-corrected chi connectivity index (χ1v) is 7.61. The SMILES string of the molecule is CCCN(CC(=O)OCC)C(=O)Cc1c(Cl)cccc1Cl. The molecule has 0 bridgehead atoms. The van der Waals surface area contributed by atoms with E-state index in [-0.39, 0.29) is 18.9 Å². The van der Waals surface area contributed by atoms with Gasteiger partial charge in [-0.25, -0.2) is 0 Å². The van der Waals surface area contributed by atoms with E-state index in [0.717, 1.165) is 6.42 Å². The fourth-order valence-corrected chi connectivity index (χ4v) is 2.42. The Hall–Kier alpha value is -1.26. The minimum absolute atomic E-state index is 0.0530. The van der Waals surface area contributed by atoms with E-state index in [1.165, 1.54) is 4.90 Å². The monoisotopic (exact) mass is 331 g/mol. The van der Waals surface area contributed by atoms with Gasteiger partial charge < -0.3 is 9.64 Å². The lowest BCUT2D eigenvalue weighted by molar-refractivity contribution is -0.148. The van der Waals surface area contributed by atoms with E-state index < -0.39 is 5.97 Å². The van der Waals surface area contributed by atoms with Crippen LogP contribution in [0.15, 0.2) is 18.2 Å². The Labute approximate surface area is 135 Å². The Morgan fingerprint density at radius 2 is 1.81 bits per heavy atom. The van der Waals surface area contributed by atoms with Crippen LogP contribution in [0.25, 0.3) is 0 Å². The second-order valence-corrected chi connectivity index (χ2v) is 5.31. The second-order valence-electron chi connectivity index (χ2n) is 4.50. The van der Waals surface area contributed by atoms with Crippen LogP contribution >= 0.6 is 23.2 Å². The third-order valence-electron chi connectivity index (χ3n) is 2.86. The normalized spacial score (nSPS) is 10.3. The van der Waals surface area contributed by atoms with E-state index in [1.54, 1.807) is 25.1 Å². The number of nitrogens with zero attached hydrogens (tertiary/aromatic N) is 1. The Bertz CT molecular complexity index is 485. The van der Waals surface area contributed by atoms with Crippen LogP contribution in [0.3, 0.4) is 0 Å². The molecule has 0 heterocycles. The fraction of sp³-hybridized carbons (Fsp3) is 0.467. The summed E-state index contributed by atoms with van der Waals surface area (Å²) in [7, 11) is 0. The topological polar surface area (TPSA) is 46.6 Å². The van der Waals surface area contributed by atoms with E-state index in [1.807, 2.05) is 6.92 Å². The van der Waals surface area contributed by atoms with Gasteiger partial charge in [-0.3, -0.25) is 9.59 Å². The number of carbonyl (C=O) groups is 2. The smallest absolute Gasteiger partial charge is 0.325 e. The Balaban J connectivity index is 2.79. The zero-order chi connectivity index (χ0) is 15.8. The average molecular weight is 332 g/mol. The first-order valence-electron chi connectivity index (χ1n) is 6.85. The molecule has 1 aromatic rings. The van der Waals surface area contributed by atoms with Crippen molar-refractivity contribution in [1.82, 2.24) is 4.90 Å². The molecule has 0 radical (unpaired) electrons. The highest BCUT2D eigenvalue weighted by atomic mass is 35.5. The van der Waals surface area contributed by atoms with Crippen molar-refractivity contribution in [3.8, 4) is 0 Å². The quantitative estimate of drug-likeness (QED) is 0.720. The molecule has 0 spiro atoms. The van der Waals surface area contributed by atoms with Crippen molar-refractivity contribution in [3.63, 3.8) is 0 Å². The number of benzene rings is 1. The number of halogens is 2. The van der Waals surface area contributed by atoms with Gasteiger partial charge in [0.1, 0.15) is 6.54 Å². The maximum atomic E-state index is 12.3. The van der Waals surface area contributed by atoms with E-state index in [2.05, 4.69) is 0 Å². The lowest BCUT2D eigenvalue weighted by Gasteiger charge is -2.21. The van der Waals surface area contributed by atoms with Crippen molar-refractivity contribution in [2.75, 3.05) is 19.7 Å². The second kappa shape index (κ2) is 8.90. The van der Waals surface area contributed by atoms with Crippen LogP contribution in [0.2, 0.25) is 10.0 Å². The molecule has 1 amide bonds. The molecule has 6 heteroatoms. The Kier molecular flexibility index (Phi) is 7.54. The van der Waals surface area contributed by atoms with Crippen molar-refractivity contribution in [3.05, 3.63) is 33.8 Å². The van der Waals surface area contributed by atoms with Crippen molar-refractivity contribution >= 4 is 35.1 Å². The average Bonchev–Trinajstić information content (AvgIpc) is 2.42. The number of carbonyl (C=O) groups excluding carboxylic acids is 2. The molecular weight excluding hydrogens is 313 g/mol. The number of hydrogen-bond donors (Lipinski definition) is 0. The van der Waals surface area contributed by atoms with Crippen LogP contribution in [0.1, 0.15) is 25.8 Å². The van der Waals surface area contributed by atoms with Crippen LogP contribution in [-0.4, -0.2) is 36.5 Å². The summed E-state index contributed by atoms with van der Waals surface area (Å²) in [4.78, 5) is 25.4. The molecule has 0 N–H and O–H groups in total. The van der Waals surface area contributed by atoms with Gasteiger partial charge in [0.2, 0.25) is 5.91 Å². The highest BCUT2D eigenvalue weighted by Gasteiger charge is 2.19. The molecule has 1 aromatic carbocycles. The summed E-state index contributed by atoms with van der Waals surface area (Å²) < 4.78 is 4.88. The van der Waals surface area contributed by atoms with Crippen molar-refractivity contribution in [1.29, 1.82) is 0 Å². The molecule has 0 fully saturated rings. The molecule has 0 aromatic heterocycles. The zero-order valence-electron chi connectivity index (χ0n) is 12.2. The molecule has 0 aliphatic heterocycles. The molecule has 116 valence electrons. The number of hydrogen-bond acceptors (Lipinski definition) is 3. The van der Waals surface area contributed by atoms with Gasteiger partial charge in [0.15, 0.2) is 0 Å². The molecule has 0 aliphatic carbocycles. The minimum atomic E-state index is -0.412. The van der Waals surface area contributed by atoms with E-state index in [4.69, 9.17) is 27.9 Å². The lowest BCUT2D eigenvalue weighted by atomic mass is 10.1. The standard InChI is InChI=1S/C15H19Cl2NO3/c1-3-8-18(10-15(20)21-4-2)14(19)9-11-12(16)6-5-7-13(11)17/h5-7H,3-4,8-10H2,1-2H3. The summed E-state index contributed by atoms with van der Waals surface area (Å²) in [6, 6.07) is 5.10. The molecule has 0 saturated carbocycles. The van der Waals surface area contributed by atoms with Gasteiger partial charge in [-0.2, -0.15) is 0 Å². The van der Waals surface area contributed by atoms with Gasteiger partial charge in [0.05, 0.1) is 13.0 Å². The van der Waals surface area contributed by atoms with Crippen LogP contribution in [0, 0.1) is 0 Å². The van der Waals surface area contributed by atoms with Crippen LogP contribution in [-0.2, 0) is 20.7 Å². The summed E-state index contributed by atoms with van der Waals surface area (Å²) in [5, 5.41) is 0.895. The molecule has 21 heavy (non-hydrogen) atoms. The summed E-state index contributed by atoms with van der Waals surface area (Å²) in [6.45, 7) is 4.40. The van der Waals surface area contributed by atoms with Gasteiger partial charge in [-0.15, -0.1) is 0 Å². The highest BCUT2D eigenvalue weighted by Crippen LogP contribution is 2.25. The van der Waals surface area contributed by atoms with E-state index in [0.29, 0.717) is 28.8 Å². The van der Waals surface area contributed by atoms with Crippen LogP contribution < -0.4 is 0 Å². The van der Waals surface area contributed by atoms with Gasteiger partial charge in [0, 0.05) is 16.6 Å². The zero-order valence-corrected chi connectivity index (χ0v) is 13.7. The first kappa shape index (κ1) is 17.8. The van der Waals surface area contributed by atoms with Gasteiger partial charge in [0.25, 0.3) is 0 Å². The van der Waals surface area contributed by atoms with Gasteiger partial charge in [-0.05, 0) is 31.0 Å². The van der Waals surface area contributed by atoms with Crippen LogP contribution in [0.4, 0.5) is 0 Å². The Morgan fingerprint density at radius 1 is 1.19 bits per heavy atom. The molecule has 0 unspecified atom stereocenters. The molecule has 0 saturated heterocycles.